The van der Waals surface area contributed by atoms with Crippen LogP contribution in [0.15, 0.2) is 30.3 Å². The average molecular weight is 350 g/mol. The van der Waals surface area contributed by atoms with E-state index in [1.807, 2.05) is 47.0 Å². The number of thioether (sulfide) groups is 1. The third-order valence-corrected chi connectivity index (χ3v) is 5.30. The van der Waals surface area contributed by atoms with E-state index in [2.05, 4.69) is 12.2 Å². The molecule has 1 aliphatic heterocycles. The number of hydrogen-bond donors (Lipinski definition) is 2. The first-order valence-corrected chi connectivity index (χ1v) is 9.62. The third-order valence-electron chi connectivity index (χ3n) is 4.31. The number of carbonyl (C=O) groups is 2. The molecule has 6 heteroatoms. The maximum atomic E-state index is 12.7. The molecule has 0 aromatic heterocycles. The summed E-state index contributed by atoms with van der Waals surface area (Å²) < 4.78 is 0. The van der Waals surface area contributed by atoms with Crippen LogP contribution in [-0.2, 0) is 11.2 Å². The standard InChI is InChI=1S/C18H26N2O3S/c1-14-9-11-24-12-10-20(14)18(23)19-16(7-8-17(21)22)13-15-5-3-2-4-6-15/h2-6,14,16H,7-13H2,1H3,(H,19,23)(H,21,22). The fourth-order valence-electron chi connectivity index (χ4n) is 2.88. The second kappa shape index (κ2) is 9.57. The second-order valence-corrected chi connectivity index (χ2v) is 7.44. The van der Waals surface area contributed by atoms with Gasteiger partial charge in [-0.25, -0.2) is 4.79 Å². The number of rotatable bonds is 6. The van der Waals surface area contributed by atoms with Crippen molar-refractivity contribution in [2.24, 2.45) is 0 Å². The minimum absolute atomic E-state index is 0.0587. The van der Waals surface area contributed by atoms with Gasteiger partial charge in [0.1, 0.15) is 0 Å². The van der Waals surface area contributed by atoms with Gasteiger partial charge in [0.05, 0.1) is 0 Å². The molecule has 1 aromatic carbocycles. The number of urea groups is 1. The maximum absolute atomic E-state index is 12.7. The molecule has 2 amide bonds. The molecule has 0 saturated carbocycles. The second-order valence-electron chi connectivity index (χ2n) is 6.21. The number of nitrogens with zero attached hydrogens (tertiary/aromatic N) is 1. The summed E-state index contributed by atoms with van der Waals surface area (Å²) in [6.07, 6.45) is 2.14. The highest BCUT2D eigenvalue weighted by Crippen LogP contribution is 2.17. The molecule has 132 valence electrons. The van der Waals surface area contributed by atoms with Crippen molar-refractivity contribution in [1.82, 2.24) is 10.2 Å². The summed E-state index contributed by atoms with van der Waals surface area (Å²) in [4.78, 5) is 25.5. The fraction of sp³-hybridized carbons (Fsp3) is 0.556. The molecule has 0 radical (unpaired) electrons. The SMILES string of the molecule is CC1CCSCCN1C(=O)NC(CCC(=O)O)Cc1ccccc1. The van der Waals surface area contributed by atoms with Gasteiger partial charge in [0.15, 0.2) is 0 Å². The van der Waals surface area contributed by atoms with Gasteiger partial charge < -0.3 is 15.3 Å². The number of carboxylic acids is 1. The molecule has 1 fully saturated rings. The van der Waals surface area contributed by atoms with Crippen molar-refractivity contribution in [3.05, 3.63) is 35.9 Å². The minimum atomic E-state index is -0.832. The highest BCUT2D eigenvalue weighted by atomic mass is 32.2. The summed E-state index contributed by atoms with van der Waals surface area (Å²) in [6.45, 7) is 2.82. The Morgan fingerprint density at radius 3 is 2.79 bits per heavy atom. The molecule has 2 N–H and O–H groups in total. The highest BCUT2D eigenvalue weighted by Gasteiger charge is 2.24. The molecule has 0 bridgehead atoms. The van der Waals surface area contributed by atoms with E-state index in [9.17, 15) is 9.59 Å². The van der Waals surface area contributed by atoms with Crippen LogP contribution in [0.1, 0.15) is 31.7 Å². The van der Waals surface area contributed by atoms with Crippen molar-refractivity contribution in [3.8, 4) is 0 Å². The van der Waals surface area contributed by atoms with E-state index in [4.69, 9.17) is 5.11 Å². The molecule has 5 nitrogen and oxygen atoms in total. The van der Waals surface area contributed by atoms with Crippen LogP contribution in [0.4, 0.5) is 4.79 Å². The van der Waals surface area contributed by atoms with Gasteiger partial charge in [0, 0.05) is 30.8 Å². The quantitative estimate of drug-likeness (QED) is 0.827. The number of carboxylic acid groups (broad SMARTS) is 1. The third kappa shape index (κ3) is 6.07. The van der Waals surface area contributed by atoms with Crippen LogP contribution in [0.2, 0.25) is 0 Å². The molecule has 0 aliphatic carbocycles. The number of amides is 2. The van der Waals surface area contributed by atoms with Crippen LogP contribution >= 0.6 is 11.8 Å². The summed E-state index contributed by atoms with van der Waals surface area (Å²) in [6, 6.07) is 9.85. The van der Waals surface area contributed by atoms with Crippen molar-refractivity contribution >= 4 is 23.8 Å². The van der Waals surface area contributed by atoms with E-state index in [0.717, 1.165) is 30.0 Å². The van der Waals surface area contributed by atoms with Gasteiger partial charge >= 0.3 is 12.0 Å². The van der Waals surface area contributed by atoms with Crippen LogP contribution in [0.5, 0.6) is 0 Å². The van der Waals surface area contributed by atoms with Crippen LogP contribution < -0.4 is 5.32 Å². The minimum Gasteiger partial charge on any atom is -0.481 e. The zero-order chi connectivity index (χ0) is 17.4. The lowest BCUT2D eigenvalue weighted by molar-refractivity contribution is -0.137. The largest absolute Gasteiger partial charge is 0.481 e. The lowest BCUT2D eigenvalue weighted by Gasteiger charge is -2.29. The number of nitrogens with one attached hydrogen (secondary N) is 1. The summed E-state index contributed by atoms with van der Waals surface area (Å²) in [5.74, 6) is 1.20. The summed E-state index contributed by atoms with van der Waals surface area (Å²) in [5, 5.41) is 12.0. The van der Waals surface area contributed by atoms with E-state index in [-0.39, 0.29) is 24.5 Å². The van der Waals surface area contributed by atoms with Gasteiger partial charge in [-0.15, -0.1) is 0 Å². The van der Waals surface area contributed by atoms with Gasteiger partial charge in [-0.2, -0.15) is 11.8 Å². The Morgan fingerprint density at radius 2 is 2.08 bits per heavy atom. The van der Waals surface area contributed by atoms with Crippen LogP contribution in [0.3, 0.4) is 0 Å². The van der Waals surface area contributed by atoms with Crippen molar-refractivity contribution in [2.45, 2.75) is 44.7 Å². The zero-order valence-electron chi connectivity index (χ0n) is 14.1. The molecular weight excluding hydrogens is 324 g/mol. The number of benzene rings is 1. The summed E-state index contributed by atoms with van der Waals surface area (Å²) >= 11 is 1.88. The van der Waals surface area contributed by atoms with Gasteiger partial charge in [-0.1, -0.05) is 30.3 Å². The Hall–Kier alpha value is -1.69. The number of carbonyl (C=O) groups excluding carboxylic acids is 1. The normalized spacial score (nSPS) is 19.4. The van der Waals surface area contributed by atoms with Gasteiger partial charge in [0.2, 0.25) is 0 Å². The Kier molecular flexibility index (Phi) is 7.43. The van der Waals surface area contributed by atoms with E-state index >= 15 is 0 Å². The number of aliphatic carboxylic acids is 1. The first-order chi connectivity index (χ1) is 11.6. The van der Waals surface area contributed by atoms with Gasteiger partial charge in [-0.05, 0) is 37.5 Å². The highest BCUT2D eigenvalue weighted by molar-refractivity contribution is 7.99. The lowest BCUT2D eigenvalue weighted by atomic mass is 10.0. The first-order valence-electron chi connectivity index (χ1n) is 8.47. The molecule has 2 rings (SSSR count). The Labute approximate surface area is 147 Å². The topological polar surface area (TPSA) is 69.6 Å². The fourth-order valence-corrected chi connectivity index (χ4v) is 3.91. The van der Waals surface area contributed by atoms with E-state index in [1.165, 1.54) is 0 Å². The molecule has 2 unspecified atom stereocenters. The summed E-state index contributed by atoms with van der Waals surface area (Å²) in [5.41, 5.74) is 1.10. The van der Waals surface area contributed by atoms with E-state index in [1.54, 1.807) is 0 Å². The monoisotopic (exact) mass is 350 g/mol. The van der Waals surface area contributed by atoms with Crippen LogP contribution in [0.25, 0.3) is 0 Å². The Balaban J connectivity index is 1.99. The Morgan fingerprint density at radius 1 is 1.33 bits per heavy atom. The van der Waals surface area contributed by atoms with Crippen LogP contribution in [0, 0.1) is 0 Å². The van der Waals surface area contributed by atoms with E-state index < -0.39 is 5.97 Å². The Bertz CT molecular complexity index is 538. The average Bonchev–Trinajstić information content (AvgIpc) is 2.78. The first kappa shape index (κ1) is 18.6. The molecule has 1 saturated heterocycles. The molecule has 1 heterocycles. The maximum Gasteiger partial charge on any atom is 0.317 e. The molecule has 24 heavy (non-hydrogen) atoms. The van der Waals surface area contributed by atoms with E-state index in [0.29, 0.717) is 12.8 Å². The van der Waals surface area contributed by atoms with Gasteiger partial charge in [0.25, 0.3) is 0 Å². The van der Waals surface area contributed by atoms with Crippen molar-refractivity contribution < 1.29 is 14.7 Å². The summed E-state index contributed by atoms with van der Waals surface area (Å²) in [7, 11) is 0. The molecule has 1 aliphatic rings. The molecule has 1 aromatic rings. The van der Waals surface area contributed by atoms with Gasteiger partial charge in [-0.3, -0.25) is 4.79 Å². The molecule has 2 atom stereocenters. The molecular formula is C18H26N2O3S. The van der Waals surface area contributed by atoms with Crippen molar-refractivity contribution in [1.29, 1.82) is 0 Å². The van der Waals surface area contributed by atoms with Crippen LogP contribution in [-0.4, -0.2) is 52.1 Å². The number of hydrogen-bond acceptors (Lipinski definition) is 3. The predicted octanol–water partition coefficient (Wildman–Crippen LogP) is 3.00. The van der Waals surface area contributed by atoms with Crippen molar-refractivity contribution in [3.63, 3.8) is 0 Å². The zero-order valence-corrected chi connectivity index (χ0v) is 14.9. The smallest absolute Gasteiger partial charge is 0.317 e. The molecule has 0 spiro atoms. The lowest BCUT2D eigenvalue weighted by Crippen LogP contribution is -2.49. The predicted molar refractivity (Wildman–Crippen MR) is 97.4 cm³/mol. The van der Waals surface area contributed by atoms with Crippen molar-refractivity contribution in [2.75, 3.05) is 18.1 Å².